The maximum Gasteiger partial charge on any atom is 0.191 e. The van der Waals surface area contributed by atoms with Gasteiger partial charge in [-0.2, -0.15) is 0 Å². The highest BCUT2D eigenvalue weighted by Crippen LogP contribution is 2.07. The Balaban J connectivity index is 0.00000338. The normalized spacial score (nSPS) is 11.2. The lowest BCUT2D eigenvalue weighted by molar-refractivity contribution is 0.197. The van der Waals surface area contributed by atoms with Crippen LogP contribution in [0.4, 0.5) is 0 Å². The van der Waals surface area contributed by atoms with Gasteiger partial charge in [0.2, 0.25) is 0 Å². The summed E-state index contributed by atoms with van der Waals surface area (Å²) in [7, 11) is 1.71. The number of hydrogen-bond donors (Lipinski definition) is 2. The quantitative estimate of drug-likeness (QED) is 0.218. The van der Waals surface area contributed by atoms with Gasteiger partial charge in [-0.25, -0.2) is 0 Å². The van der Waals surface area contributed by atoms with E-state index in [9.17, 15) is 0 Å². The number of ether oxygens (including phenoxy) is 1. The fourth-order valence-electron chi connectivity index (χ4n) is 2.37. The molecular weight excluding hydrogens is 463 g/mol. The Hall–Kier alpha value is -1.20. The van der Waals surface area contributed by atoms with Gasteiger partial charge in [-0.1, -0.05) is 13.0 Å². The predicted molar refractivity (Wildman–Crippen MR) is 118 cm³/mol. The van der Waals surface area contributed by atoms with Crippen LogP contribution in [-0.4, -0.2) is 54.1 Å². The summed E-state index contributed by atoms with van der Waals surface area (Å²) >= 11 is 1.79. The van der Waals surface area contributed by atoms with E-state index in [1.165, 1.54) is 4.88 Å². The maximum atomic E-state index is 5.08. The molecule has 0 saturated heterocycles. The lowest BCUT2D eigenvalue weighted by Gasteiger charge is -2.13. The summed E-state index contributed by atoms with van der Waals surface area (Å²) in [5.41, 5.74) is 0. The number of halogens is 1. The number of thiophene rings is 1. The van der Waals surface area contributed by atoms with Crippen LogP contribution in [0.5, 0.6) is 0 Å². The molecule has 0 aliphatic carbocycles. The summed E-state index contributed by atoms with van der Waals surface area (Å²) in [5.74, 6) is 1.85. The molecule has 7 nitrogen and oxygen atoms in total. The molecule has 0 aliphatic rings. The lowest BCUT2D eigenvalue weighted by Crippen LogP contribution is -2.40. The Kier molecular flexibility index (Phi) is 12.2. The van der Waals surface area contributed by atoms with Crippen LogP contribution in [0, 0.1) is 0 Å². The van der Waals surface area contributed by atoms with E-state index in [4.69, 9.17) is 4.74 Å². The Morgan fingerprint density at radius 1 is 1.35 bits per heavy atom. The smallest absolute Gasteiger partial charge is 0.191 e. The number of nitrogens with one attached hydrogen (secondary N) is 2. The number of hydrogen-bond acceptors (Lipinski definition) is 5. The van der Waals surface area contributed by atoms with Crippen LogP contribution in [0.15, 0.2) is 28.8 Å². The van der Waals surface area contributed by atoms with Gasteiger partial charge in [0.1, 0.15) is 12.2 Å². The lowest BCUT2D eigenvalue weighted by atomic mass is 10.3. The van der Waals surface area contributed by atoms with Crippen molar-refractivity contribution in [1.29, 1.82) is 0 Å². The Labute approximate surface area is 176 Å². The molecule has 0 amide bonds. The van der Waals surface area contributed by atoms with Crippen molar-refractivity contribution in [2.75, 3.05) is 33.4 Å². The zero-order valence-electron chi connectivity index (χ0n) is 15.5. The fraction of sp³-hybridized carbons (Fsp3) is 0.588. The van der Waals surface area contributed by atoms with E-state index < -0.39 is 0 Å². The maximum absolute atomic E-state index is 5.08. The molecule has 0 aliphatic heterocycles. The average Bonchev–Trinajstić information content (AvgIpc) is 3.29. The van der Waals surface area contributed by atoms with Crippen LogP contribution in [0.3, 0.4) is 0 Å². The second kappa shape index (κ2) is 13.9. The minimum atomic E-state index is 0. The predicted octanol–water partition coefficient (Wildman–Crippen LogP) is 2.33. The first-order valence-electron chi connectivity index (χ1n) is 8.73. The Morgan fingerprint density at radius 2 is 2.19 bits per heavy atom. The molecule has 0 fully saturated rings. The third-order valence-corrected chi connectivity index (χ3v) is 4.61. The molecule has 146 valence electrons. The highest BCUT2D eigenvalue weighted by atomic mass is 127. The second-order valence-electron chi connectivity index (χ2n) is 5.55. The molecular formula is C17H29IN6OS. The van der Waals surface area contributed by atoms with Gasteiger partial charge < -0.3 is 19.9 Å². The summed E-state index contributed by atoms with van der Waals surface area (Å²) in [6.07, 6.45) is 4.58. The molecule has 26 heavy (non-hydrogen) atoms. The standard InChI is InChI=1S/C17H28N6OS.HI/c1-3-16-22-21-14-23(16)11-10-20-17(18-8-5-12-24-2)19-9-7-15-6-4-13-25-15;/h4,6,13-14H,3,5,7-12H2,1-2H3,(H2,18,19,20);1H. The number of rotatable bonds is 11. The van der Waals surface area contributed by atoms with Crippen LogP contribution in [-0.2, 0) is 24.1 Å². The molecule has 2 rings (SSSR count). The first-order valence-corrected chi connectivity index (χ1v) is 9.61. The van der Waals surface area contributed by atoms with Crippen molar-refractivity contribution in [2.45, 2.75) is 32.7 Å². The van der Waals surface area contributed by atoms with Gasteiger partial charge in [0.05, 0.1) is 0 Å². The minimum absolute atomic E-state index is 0. The molecule has 0 spiro atoms. The van der Waals surface area contributed by atoms with Crippen LogP contribution >= 0.6 is 35.3 Å². The van der Waals surface area contributed by atoms with Crippen molar-refractivity contribution in [2.24, 2.45) is 4.99 Å². The number of aryl methyl sites for hydroxylation is 1. The minimum Gasteiger partial charge on any atom is -0.385 e. The molecule has 9 heteroatoms. The van der Waals surface area contributed by atoms with Gasteiger partial charge in [-0.15, -0.1) is 45.5 Å². The van der Waals surface area contributed by atoms with Crippen LogP contribution in [0.1, 0.15) is 24.0 Å². The third-order valence-electron chi connectivity index (χ3n) is 3.68. The topological polar surface area (TPSA) is 76.4 Å². The summed E-state index contributed by atoms with van der Waals surface area (Å²) in [6.45, 7) is 6.02. The summed E-state index contributed by atoms with van der Waals surface area (Å²) < 4.78 is 7.15. The first-order chi connectivity index (χ1) is 12.3. The molecule has 0 aromatic carbocycles. The zero-order valence-corrected chi connectivity index (χ0v) is 18.6. The van der Waals surface area contributed by atoms with Crippen molar-refractivity contribution in [1.82, 2.24) is 25.4 Å². The Morgan fingerprint density at radius 3 is 2.92 bits per heavy atom. The Bertz CT molecular complexity index is 617. The molecule has 0 saturated carbocycles. The molecule has 0 atom stereocenters. The number of guanidine groups is 1. The summed E-state index contributed by atoms with van der Waals surface area (Å²) in [5, 5.41) is 17.0. The average molecular weight is 492 g/mol. The van der Waals surface area contributed by atoms with Gasteiger partial charge in [0, 0.05) is 51.2 Å². The highest BCUT2D eigenvalue weighted by Gasteiger charge is 2.03. The monoisotopic (exact) mass is 492 g/mol. The van der Waals surface area contributed by atoms with E-state index in [1.807, 2.05) is 0 Å². The van der Waals surface area contributed by atoms with E-state index >= 15 is 0 Å². The molecule has 0 unspecified atom stereocenters. The van der Waals surface area contributed by atoms with Gasteiger partial charge >= 0.3 is 0 Å². The first kappa shape index (κ1) is 22.8. The van der Waals surface area contributed by atoms with Gasteiger partial charge in [-0.3, -0.25) is 4.99 Å². The van der Waals surface area contributed by atoms with Crippen molar-refractivity contribution >= 4 is 41.3 Å². The number of aromatic nitrogens is 3. The van der Waals surface area contributed by atoms with Crippen molar-refractivity contribution in [3.05, 3.63) is 34.5 Å². The van der Waals surface area contributed by atoms with Crippen LogP contribution < -0.4 is 10.6 Å². The van der Waals surface area contributed by atoms with Crippen molar-refractivity contribution in [3.8, 4) is 0 Å². The molecule has 0 bridgehead atoms. The van der Waals surface area contributed by atoms with Crippen LogP contribution in [0.25, 0.3) is 0 Å². The van der Waals surface area contributed by atoms with E-state index in [2.05, 4.69) is 54.8 Å². The number of methoxy groups -OCH3 is 1. The number of aliphatic imine (C=N–C) groups is 1. The van der Waals surface area contributed by atoms with Crippen LogP contribution in [0.2, 0.25) is 0 Å². The molecule has 2 N–H and O–H groups in total. The molecule has 0 radical (unpaired) electrons. The van der Waals surface area contributed by atoms with Gasteiger partial charge in [0.25, 0.3) is 0 Å². The third kappa shape index (κ3) is 8.45. The summed E-state index contributed by atoms with van der Waals surface area (Å²) in [4.78, 5) is 6.00. The van der Waals surface area contributed by atoms with E-state index in [0.717, 1.165) is 63.8 Å². The number of nitrogens with zero attached hydrogens (tertiary/aromatic N) is 4. The van der Waals surface area contributed by atoms with Gasteiger partial charge in [-0.05, 0) is 24.3 Å². The highest BCUT2D eigenvalue weighted by molar-refractivity contribution is 14.0. The molecule has 2 heterocycles. The van der Waals surface area contributed by atoms with Crippen molar-refractivity contribution < 1.29 is 4.74 Å². The zero-order chi connectivity index (χ0) is 17.7. The summed E-state index contributed by atoms with van der Waals surface area (Å²) in [6, 6.07) is 4.25. The van der Waals surface area contributed by atoms with E-state index in [0.29, 0.717) is 0 Å². The SMILES string of the molecule is CCc1nncn1CCNC(=NCCCOC)NCCc1cccs1.I. The largest absolute Gasteiger partial charge is 0.385 e. The van der Waals surface area contributed by atoms with Gasteiger partial charge in [0.15, 0.2) is 5.96 Å². The van der Waals surface area contributed by atoms with E-state index in [-0.39, 0.29) is 24.0 Å². The van der Waals surface area contributed by atoms with E-state index in [1.54, 1.807) is 24.8 Å². The second-order valence-corrected chi connectivity index (χ2v) is 6.59. The molecule has 2 aromatic rings. The van der Waals surface area contributed by atoms with Crippen molar-refractivity contribution in [3.63, 3.8) is 0 Å². The molecule has 2 aromatic heterocycles. The fourth-order valence-corrected chi connectivity index (χ4v) is 3.08.